The maximum absolute atomic E-state index is 13.2. The molecule has 0 N–H and O–H groups in total. The van der Waals surface area contributed by atoms with E-state index in [1.54, 1.807) is 18.3 Å². The van der Waals surface area contributed by atoms with Gasteiger partial charge in [0.15, 0.2) is 0 Å². The van der Waals surface area contributed by atoms with Crippen LogP contribution in [0.1, 0.15) is 24.4 Å². The molecule has 0 radical (unpaired) electrons. The van der Waals surface area contributed by atoms with E-state index in [2.05, 4.69) is 4.90 Å². The normalized spacial score (nSPS) is 32.3. The predicted octanol–water partition coefficient (Wildman–Crippen LogP) is 3.62. The average molecular weight is 331 g/mol. The first-order chi connectivity index (χ1) is 11.0. The summed E-state index contributed by atoms with van der Waals surface area (Å²) in [5.41, 5.74) is 1.41. The van der Waals surface area contributed by atoms with Gasteiger partial charge in [0.1, 0.15) is 17.1 Å². The van der Waals surface area contributed by atoms with E-state index in [4.69, 9.17) is 16.6 Å². The van der Waals surface area contributed by atoms with Crippen LogP contribution in [0.4, 0.5) is 4.39 Å². The summed E-state index contributed by atoms with van der Waals surface area (Å²) in [4.78, 5) is 19.3. The number of likely N-dealkylation sites (N-methyl/N-ethyl adjacent to an activating group) is 1. The fourth-order valence-electron chi connectivity index (χ4n) is 4.01. The number of halogens is 2. The molecule has 0 aromatic heterocycles. The number of rotatable bonds is 1. The SMILES string of the molecule is CN1C2=CC(Cl)=CC3C(=O)CC=NC23CC1c1ccc(F)cc1. The highest BCUT2D eigenvalue weighted by atomic mass is 35.5. The Morgan fingerprint density at radius 2 is 2.09 bits per heavy atom. The van der Waals surface area contributed by atoms with Crippen LogP contribution in [-0.2, 0) is 4.79 Å². The van der Waals surface area contributed by atoms with E-state index < -0.39 is 5.54 Å². The molecule has 1 aromatic rings. The van der Waals surface area contributed by atoms with Gasteiger partial charge in [0, 0.05) is 36.8 Å². The molecular formula is C18H16ClFN2O. The van der Waals surface area contributed by atoms with Crippen LogP contribution in [0.5, 0.6) is 0 Å². The van der Waals surface area contributed by atoms with Crippen molar-refractivity contribution in [2.24, 2.45) is 10.9 Å². The van der Waals surface area contributed by atoms with Crippen molar-refractivity contribution in [3.8, 4) is 0 Å². The molecule has 0 amide bonds. The van der Waals surface area contributed by atoms with Crippen molar-refractivity contribution in [2.45, 2.75) is 24.4 Å². The van der Waals surface area contributed by atoms with Crippen LogP contribution < -0.4 is 0 Å². The molecule has 1 spiro atoms. The van der Waals surface area contributed by atoms with Gasteiger partial charge < -0.3 is 4.90 Å². The van der Waals surface area contributed by atoms with Crippen molar-refractivity contribution in [1.29, 1.82) is 0 Å². The molecule has 3 atom stereocenters. The monoisotopic (exact) mass is 330 g/mol. The molecular weight excluding hydrogens is 315 g/mol. The summed E-state index contributed by atoms with van der Waals surface area (Å²) in [6.07, 6.45) is 6.49. The van der Waals surface area contributed by atoms with E-state index in [1.807, 2.05) is 19.2 Å². The van der Waals surface area contributed by atoms with Crippen molar-refractivity contribution in [2.75, 3.05) is 7.05 Å². The summed E-state index contributed by atoms with van der Waals surface area (Å²) < 4.78 is 13.2. The molecule has 4 rings (SSSR count). The third-order valence-corrected chi connectivity index (χ3v) is 5.36. The Morgan fingerprint density at radius 3 is 2.83 bits per heavy atom. The minimum atomic E-state index is -0.568. The highest BCUT2D eigenvalue weighted by molar-refractivity contribution is 6.31. The van der Waals surface area contributed by atoms with Crippen LogP contribution in [0.15, 0.2) is 52.1 Å². The smallest absolute Gasteiger partial charge is 0.147 e. The Balaban J connectivity index is 1.81. The Kier molecular flexibility index (Phi) is 3.20. The molecule has 1 aromatic carbocycles. The van der Waals surface area contributed by atoms with Gasteiger partial charge in [-0.25, -0.2) is 4.39 Å². The average Bonchev–Trinajstić information content (AvgIpc) is 2.80. The third-order valence-electron chi connectivity index (χ3n) is 5.13. The van der Waals surface area contributed by atoms with Gasteiger partial charge in [-0.05, 0) is 23.8 Å². The zero-order chi connectivity index (χ0) is 16.2. The van der Waals surface area contributed by atoms with Crippen LogP contribution >= 0.6 is 11.6 Å². The zero-order valence-corrected chi connectivity index (χ0v) is 13.4. The first-order valence-corrected chi connectivity index (χ1v) is 8.03. The Labute approximate surface area is 139 Å². The van der Waals surface area contributed by atoms with Crippen molar-refractivity contribution in [1.82, 2.24) is 4.90 Å². The van der Waals surface area contributed by atoms with Crippen LogP contribution in [0, 0.1) is 11.7 Å². The molecule has 23 heavy (non-hydrogen) atoms. The summed E-state index contributed by atoms with van der Waals surface area (Å²) in [6, 6.07) is 6.57. The van der Waals surface area contributed by atoms with E-state index in [0.717, 1.165) is 11.3 Å². The number of benzene rings is 1. The highest BCUT2D eigenvalue weighted by Gasteiger charge is 2.55. The van der Waals surface area contributed by atoms with Crippen molar-refractivity contribution < 1.29 is 9.18 Å². The molecule has 0 saturated carbocycles. The summed E-state index contributed by atoms with van der Waals surface area (Å²) >= 11 is 6.25. The summed E-state index contributed by atoms with van der Waals surface area (Å²) in [5, 5.41) is 0.581. The maximum atomic E-state index is 13.2. The lowest BCUT2D eigenvalue weighted by atomic mass is 9.72. The molecule has 1 aliphatic carbocycles. The molecule has 2 aliphatic heterocycles. The lowest BCUT2D eigenvalue weighted by Crippen LogP contribution is -2.44. The Hall–Kier alpha value is -1.94. The number of Topliss-reactive ketones (excluding diaryl/α,β-unsaturated/α-hetero) is 1. The number of hydrogen-bond donors (Lipinski definition) is 0. The summed E-state index contributed by atoms with van der Waals surface area (Å²) in [5.74, 6) is -0.414. The lowest BCUT2D eigenvalue weighted by molar-refractivity contribution is -0.122. The molecule has 118 valence electrons. The first-order valence-electron chi connectivity index (χ1n) is 7.65. The number of carbonyl (C=O) groups excluding carboxylic acids is 1. The fraction of sp³-hybridized carbons (Fsp3) is 0.333. The van der Waals surface area contributed by atoms with Gasteiger partial charge in [0.2, 0.25) is 0 Å². The van der Waals surface area contributed by atoms with Crippen molar-refractivity contribution in [3.05, 3.63) is 58.5 Å². The van der Waals surface area contributed by atoms with E-state index in [1.165, 1.54) is 12.1 Å². The van der Waals surface area contributed by atoms with Crippen LogP contribution in [0.2, 0.25) is 0 Å². The fourth-order valence-corrected chi connectivity index (χ4v) is 4.24. The number of likely N-dealkylation sites (tertiary alicyclic amines) is 1. The number of carbonyl (C=O) groups is 1. The van der Waals surface area contributed by atoms with Gasteiger partial charge in [-0.3, -0.25) is 9.79 Å². The molecule has 1 fully saturated rings. The zero-order valence-electron chi connectivity index (χ0n) is 12.7. The van der Waals surface area contributed by atoms with Gasteiger partial charge in [-0.1, -0.05) is 29.8 Å². The predicted molar refractivity (Wildman–Crippen MR) is 87.9 cm³/mol. The molecule has 5 heteroatoms. The van der Waals surface area contributed by atoms with E-state index in [9.17, 15) is 9.18 Å². The van der Waals surface area contributed by atoms with Gasteiger partial charge in [0.25, 0.3) is 0 Å². The molecule has 3 nitrogen and oxygen atoms in total. The van der Waals surface area contributed by atoms with Crippen LogP contribution in [0.3, 0.4) is 0 Å². The molecule has 0 bridgehead atoms. The second-order valence-corrected chi connectivity index (χ2v) is 6.78. The quantitative estimate of drug-likeness (QED) is 0.788. The Bertz CT molecular complexity index is 768. The van der Waals surface area contributed by atoms with Crippen molar-refractivity contribution in [3.63, 3.8) is 0 Å². The number of aliphatic imine (C=N–C) groups is 1. The number of nitrogens with zero attached hydrogens (tertiary/aromatic N) is 2. The van der Waals surface area contributed by atoms with Gasteiger partial charge in [0.05, 0.1) is 12.0 Å². The van der Waals surface area contributed by atoms with E-state index in [-0.39, 0.29) is 23.6 Å². The number of allylic oxidation sites excluding steroid dienone is 2. The van der Waals surface area contributed by atoms with Gasteiger partial charge in [-0.15, -0.1) is 0 Å². The van der Waals surface area contributed by atoms with Gasteiger partial charge >= 0.3 is 0 Å². The molecule has 2 heterocycles. The van der Waals surface area contributed by atoms with E-state index in [0.29, 0.717) is 17.9 Å². The second kappa shape index (κ2) is 5.03. The van der Waals surface area contributed by atoms with Crippen LogP contribution in [-0.4, -0.2) is 29.5 Å². The topological polar surface area (TPSA) is 32.7 Å². The Morgan fingerprint density at radius 1 is 1.35 bits per heavy atom. The first kappa shape index (κ1) is 14.6. The third kappa shape index (κ3) is 2.08. The standard InChI is InChI=1S/C18H16ClFN2O/c1-22-15(11-2-4-13(20)5-3-11)10-18-14(16(23)6-7-21-18)8-12(19)9-17(18)22/h2-5,7-9,14-15H,6,10H2,1H3. The number of ketones is 1. The summed E-state index contributed by atoms with van der Waals surface area (Å²) in [6.45, 7) is 0. The summed E-state index contributed by atoms with van der Waals surface area (Å²) in [7, 11) is 1.98. The highest BCUT2D eigenvalue weighted by Crippen LogP contribution is 2.54. The van der Waals surface area contributed by atoms with Crippen LogP contribution in [0.25, 0.3) is 0 Å². The minimum Gasteiger partial charge on any atom is -0.369 e. The molecule has 3 aliphatic rings. The lowest BCUT2D eigenvalue weighted by Gasteiger charge is -2.38. The molecule has 3 unspecified atom stereocenters. The minimum absolute atomic E-state index is 0.0448. The largest absolute Gasteiger partial charge is 0.369 e. The van der Waals surface area contributed by atoms with E-state index >= 15 is 0 Å². The maximum Gasteiger partial charge on any atom is 0.147 e. The second-order valence-electron chi connectivity index (χ2n) is 6.35. The van der Waals surface area contributed by atoms with Crippen molar-refractivity contribution >= 4 is 23.6 Å². The number of hydrogen-bond acceptors (Lipinski definition) is 3. The van der Waals surface area contributed by atoms with Gasteiger partial charge in [-0.2, -0.15) is 0 Å². The molecule has 1 saturated heterocycles.